The molecule has 0 saturated heterocycles. The number of rotatable bonds is 6. The van der Waals surface area contributed by atoms with Crippen LogP contribution in [0.15, 0.2) is 30.3 Å². The summed E-state index contributed by atoms with van der Waals surface area (Å²) in [6, 6.07) is 9.60. The zero-order chi connectivity index (χ0) is 15.2. The standard InChI is InChI=1S/C16H21N3O2/c1-4-19(9-10-21-3)16(20)15-11-14(17-2)12-7-5-6-8-13(12)18-15/h5-8,11H,4,9-10H2,1-3H3,(H,17,18). The Hall–Kier alpha value is -2.14. The van der Waals surface area contributed by atoms with Crippen molar-refractivity contribution in [1.29, 1.82) is 0 Å². The van der Waals surface area contributed by atoms with Crippen LogP contribution < -0.4 is 5.32 Å². The SMILES string of the molecule is CCN(CCOC)C(=O)c1cc(NC)c2ccccc2n1. The molecule has 112 valence electrons. The first-order chi connectivity index (χ1) is 10.2. The van der Waals surface area contributed by atoms with Gasteiger partial charge in [-0.1, -0.05) is 18.2 Å². The third kappa shape index (κ3) is 3.31. The van der Waals surface area contributed by atoms with E-state index in [1.807, 2.05) is 38.2 Å². The number of para-hydroxylation sites is 1. The molecule has 2 rings (SSSR count). The molecule has 5 heteroatoms. The lowest BCUT2D eigenvalue weighted by Crippen LogP contribution is -2.34. The number of aromatic nitrogens is 1. The van der Waals surface area contributed by atoms with Crippen LogP contribution in [0.2, 0.25) is 0 Å². The number of anilines is 1. The summed E-state index contributed by atoms with van der Waals surface area (Å²) in [5, 5.41) is 4.14. The highest BCUT2D eigenvalue weighted by Gasteiger charge is 2.17. The molecular formula is C16H21N3O2. The highest BCUT2D eigenvalue weighted by molar-refractivity contribution is 5.99. The number of fused-ring (bicyclic) bond motifs is 1. The molecule has 0 aliphatic carbocycles. The molecule has 1 heterocycles. The van der Waals surface area contributed by atoms with Gasteiger partial charge in [-0.15, -0.1) is 0 Å². The molecule has 0 aliphatic rings. The van der Waals surface area contributed by atoms with Gasteiger partial charge in [0.1, 0.15) is 5.69 Å². The largest absolute Gasteiger partial charge is 0.388 e. The van der Waals surface area contributed by atoms with E-state index in [1.165, 1.54) is 0 Å². The Morgan fingerprint density at radius 2 is 2.14 bits per heavy atom. The van der Waals surface area contributed by atoms with E-state index in [2.05, 4.69) is 10.3 Å². The van der Waals surface area contributed by atoms with Crippen LogP contribution in [0.25, 0.3) is 10.9 Å². The molecule has 0 aliphatic heterocycles. The Balaban J connectivity index is 2.38. The summed E-state index contributed by atoms with van der Waals surface area (Å²) in [4.78, 5) is 18.8. The maximum absolute atomic E-state index is 12.6. The summed E-state index contributed by atoms with van der Waals surface area (Å²) in [5.41, 5.74) is 2.18. The number of pyridine rings is 1. The van der Waals surface area contributed by atoms with Crippen LogP contribution in [-0.4, -0.2) is 49.6 Å². The second-order valence-corrected chi connectivity index (χ2v) is 4.70. The maximum Gasteiger partial charge on any atom is 0.272 e. The number of carbonyl (C=O) groups is 1. The van der Waals surface area contributed by atoms with Crippen molar-refractivity contribution in [2.45, 2.75) is 6.92 Å². The van der Waals surface area contributed by atoms with Gasteiger partial charge in [0.25, 0.3) is 5.91 Å². The molecule has 0 saturated carbocycles. The minimum atomic E-state index is -0.0724. The average molecular weight is 287 g/mol. The van der Waals surface area contributed by atoms with Crippen LogP contribution in [0, 0.1) is 0 Å². The number of benzene rings is 1. The first-order valence-electron chi connectivity index (χ1n) is 7.07. The molecule has 1 N–H and O–H groups in total. The summed E-state index contributed by atoms with van der Waals surface area (Å²) < 4.78 is 5.05. The average Bonchev–Trinajstić information content (AvgIpc) is 2.54. The van der Waals surface area contributed by atoms with Gasteiger partial charge in [-0.05, 0) is 19.1 Å². The third-order valence-electron chi connectivity index (χ3n) is 3.44. The summed E-state index contributed by atoms with van der Waals surface area (Å²) in [7, 11) is 3.48. The number of hydrogen-bond donors (Lipinski definition) is 1. The monoisotopic (exact) mass is 287 g/mol. The number of nitrogens with zero attached hydrogens (tertiary/aromatic N) is 2. The number of carbonyl (C=O) groups excluding carboxylic acids is 1. The van der Waals surface area contributed by atoms with Gasteiger partial charge in [-0.3, -0.25) is 4.79 Å². The minimum Gasteiger partial charge on any atom is -0.388 e. The summed E-state index contributed by atoms with van der Waals surface area (Å²) in [6.07, 6.45) is 0. The number of ether oxygens (including phenoxy) is 1. The van der Waals surface area contributed by atoms with Crippen LogP contribution in [0.3, 0.4) is 0 Å². The van der Waals surface area contributed by atoms with Gasteiger partial charge in [0, 0.05) is 38.3 Å². The van der Waals surface area contributed by atoms with Crippen molar-refractivity contribution in [3.63, 3.8) is 0 Å². The fourth-order valence-corrected chi connectivity index (χ4v) is 2.26. The first kappa shape index (κ1) is 15.3. The van der Waals surface area contributed by atoms with Crippen molar-refractivity contribution >= 4 is 22.5 Å². The highest BCUT2D eigenvalue weighted by atomic mass is 16.5. The van der Waals surface area contributed by atoms with Crippen molar-refractivity contribution in [2.24, 2.45) is 0 Å². The van der Waals surface area contributed by atoms with Gasteiger partial charge in [-0.25, -0.2) is 4.98 Å². The number of hydrogen-bond acceptors (Lipinski definition) is 4. The second-order valence-electron chi connectivity index (χ2n) is 4.70. The zero-order valence-corrected chi connectivity index (χ0v) is 12.7. The van der Waals surface area contributed by atoms with E-state index in [9.17, 15) is 4.79 Å². The first-order valence-corrected chi connectivity index (χ1v) is 7.07. The molecule has 1 aromatic carbocycles. The fourth-order valence-electron chi connectivity index (χ4n) is 2.26. The number of amides is 1. The van der Waals surface area contributed by atoms with Gasteiger partial charge in [-0.2, -0.15) is 0 Å². The topological polar surface area (TPSA) is 54.5 Å². The number of likely N-dealkylation sites (N-methyl/N-ethyl adjacent to an activating group) is 1. The highest BCUT2D eigenvalue weighted by Crippen LogP contribution is 2.23. The molecular weight excluding hydrogens is 266 g/mol. The Morgan fingerprint density at radius 3 is 2.81 bits per heavy atom. The van der Waals surface area contributed by atoms with Crippen LogP contribution in [0.1, 0.15) is 17.4 Å². The van der Waals surface area contributed by atoms with E-state index in [1.54, 1.807) is 18.1 Å². The molecule has 0 spiro atoms. The maximum atomic E-state index is 12.6. The molecule has 2 aromatic rings. The molecule has 0 radical (unpaired) electrons. The predicted molar refractivity (Wildman–Crippen MR) is 84.7 cm³/mol. The molecule has 0 bridgehead atoms. The quantitative estimate of drug-likeness (QED) is 0.886. The fraction of sp³-hybridized carbons (Fsp3) is 0.375. The van der Waals surface area contributed by atoms with Gasteiger partial charge >= 0.3 is 0 Å². The Labute approximate surface area is 124 Å². The molecule has 0 fully saturated rings. The Morgan fingerprint density at radius 1 is 1.38 bits per heavy atom. The number of nitrogens with one attached hydrogen (secondary N) is 1. The van der Waals surface area contributed by atoms with Crippen LogP contribution in [0.4, 0.5) is 5.69 Å². The van der Waals surface area contributed by atoms with E-state index < -0.39 is 0 Å². The van der Waals surface area contributed by atoms with Crippen LogP contribution in [0.5, 0.6) is 0 Å². The zero-order valence-electron chi connectivity index (χ0n) is 12.7. The molecule has 5 nitrogen and oxygen atoms in total. The second kappa shape index (κ2) is 7.04. The molecule has 0 atom stereocenters. The molecule has 21 heavy (non-hydrogen) atoms. The smallest absolute Gasteiger partial charge is 0.272 e. The van der Waals surface area contributed by atoms with Gasteiger partial charge < -0.3 is 15.0 Å². The van der Waals surface area contributed by atoms with Gasteiger partial charge in [0.15, 0.2) is 0 Å². The van der Waals surface area contributed by atoms with Crippen molar-refractivity contribution in [2.75, 3.05) is 39.2 Å². The van der Waals surface area contributed by atoms with Gasteiger partial charge in [0.05, 0.1) is 12.1 Å². The number of methoxy groups -OCH3 is 1. The summed E-state index contributed by atoms with van der Waals surface area (Å²) in [6.45, 7) is 3.67. The molecule has 1 amide bonds. The van der Waals surface area contributed by atoms with E-state index >= 15 is 0 Å². The summed E-state index contributed by atoms with van der Waals surface area (Å²) in [5.74, 6) is -0.0724. The van der Waals surface area contributed by atoms with E-state index in [0.717, 1.165) is 16.6 Å². The van der Waals surface area contributed by atoms with Crippen LogP contribution in [-0.2, 0) is 4.74 Å². The Kier molecular flexibility index (Phi) is 5.11. The lowest BCUT2D eigenvalue weighted by Gasteiger charge is -2.20. The normalized spacial score (nSPS) is 10.6. The minimum absolute atomic E-state index is 0.0724. The van der Waals surface area contributed by atoms with Crippen molar-refractivity contribution in [1.82, 2.24) is 9.88 Å². The van der Waals surface area contributed by atoms with Crippen molar-refractivity contribution < 1.29 is 9.53 Å². The summed E-state index contributed by atoms with van der Waals surface area (Å²) >= 11 is 0. The van der Waals surface area contributed by atoms with Crippen molar-refractivity contribution in [3.05, 3.63) is 36.0 Å². The third-order valence-corrected chi connectivity index (χ3v) is 3.44. The van der Waals surface area contributed by atoms with E-state index in [0.29, 0.717) is 25.4 Å². The molecule has 0 unspecified atom stereocenters. The van der Waals surface area contributed by atoms with E-state index in [4.69, 9.17) is 4.74 Å². The van der Waals surface area contributed by atoms with Crippen LogP contribution >= 0.6 is 0 Å². The lowest BCUT2D eigenvalue weighted by molar-refractivity contribution is 0.0701. The van der Waals surface area contributed by atoms with Gasteiger partial charge in [0.2, 0.25) is 0 Å². The van der Waals surface area contributed by atoms with Crippen molar-refractivity contribution in [3.8, 4) is 0 Å². The lowest BCUT2D eigenvalue weighted by atomic mass is 10.1. The Bertz CT molecular complexity index is 628. The predicted octanol–water partition coefficient (Wildman–Crippen LogP) is 2.39. The van der Waals surface area contributed by atoms with E-state index in [-0.39, 0.29) is 5.91 Å². The molecule has 1 aromatic heterocycles.